The molecule has 3 rings (SSSR count). The first kappa shape index (κ1) is 17.7. The summed E-state index contributed by atoms with van der Waals surface area (Å²) in [6.45, 7) is 3.28. The molecule has 1 aromatic carbocycles. The Morgan fingerprint density at radius 3 is 2.72 bits per heavy atom. The number of amides is 2. The highest BCUT2D eigenvalue weighted by Crippen LogP contribution is 2.39. The summed E-state index contributed by atoms with van der Waals surface area (Å²) < 4.78 is 5.12. The molecule has 1 aromatic rings. The van der Waals surface area contributed by atoms with Gasteiger partial charge in [-0.05, 0) is 43.5 Å². The average molecular weight is 346 g/mol. The molecule has 0 aliphatic carbocycles. The van der Waals surface area contributed by atoms with Crippen molar-refractivity contribution in [3.8, 4) is 5.75 Å². The number of hydrogen-bond donors (Lipinski definition) is 1. The minimum absolute atomic E-state index is 0.000540. The molecule has 2 heterocycles. The molecule has 0 radical (unpaired) electrons. The summed E-state index contributed by atoms with van der Waals surface area (Å²) in [5.41, 5.74) is 0.588. The molecule has 2 fully saturated rings. The van der Waals surface area contributed by atoms with Crippen LogP contribution in [0.3, 0.4) is 0 Å². The van der Waals surface area contributed by atoms with E-state index in [2.05, 4.69) is 0 Å². The molecule has 0 aromatic heterocycles. The maximum absolute atomic E-state index is 12.8. The number of benzene rings is 1. The number of likely N-dealkylation sites (tertiary alicyclic amines) is 2. The minimum Gasteiger partial charge on any atom is -0.508 e. The molecule has 1 spiro atoms. The molecule has 25 heavy (non-hydrogen) atoms. The zero-order valence-electron chi connectivity index (χ0n) is 14.7. The molecular formula is C19H26N2O4. The number of carbonyl (C=O) groups is 2. The summed E-state index contributed by atoms with van der Waals surface area (Å²) >= 11 is 0. The molecule has 2 amide bonds. The molecule has 0 saturated carbocycles. The lowest BCUT2D eigenvalue weighted by Gasteiger charge is -2.48. The van der Waals surface area contributed by atoms with Crippen LogP contribution in [0.2, 0.25) is 0 Å². The molecule has 1 N–H and O–H groups in total. The van der Waals surface area contributed by atoms with Crippen LogP contribution < -0.4 is 0 Å². The normalized spacial score (nSPS) is 24.0. The molecule has 1 unspecified atom stereocenters. The van der Waals surface area contributed by atoms with Gasteiger partial charge in [-0.3, -0.25) is 9.59 Å². The van der Waals surface area contributed by atoms with Gasteiger partial charge >= 0.3 is 0 Å². The molecule has 6 nitrogen and oxygen atoms in total. The molecule has 6 heteroatoms. The van der Waals surface area contributed by atoms with Crippen molar-refractivity contribution in [3.63, 3.8) is 0 Å². The van der Waals surface area contributed by atoms with Crippen LogP contribution in [0, 0.1) is 5.41 Å². The Balaban J connectivity index is 1.70. The first-order valence-corrected chi connectivity index (χ1v) is 8.88. The van der Waals surface area contributed by atoms with Gasteiger partial charge in [0.05, 0.1) is 6.61 Å². The van der Waals surface area contributed by atoms with Crippen LogP contribution in [0.1, 0.15) is 36.0 Å². The number of aromatic hydroxyl groups is 1. The summed E-state index contributed by atoms with van der Waals surface area (Å²) in [6, 6.07) is 6.40. The van der Waals surface area contributed by atoms with Gasteiger partial charge in [-0.2, -0.15) is 0 Å². The monoisotopic (exact) mass is 346 g/mol. The molecule has 1 atom stereocenters. The number of nitrogens with zero attached hydrogens (tertiary/aromatic N) is 2. The Hall–Kier alpha value is -2.08. The van der Waals surface area contributed by atoms with Crippen molar-refractivity contribution in [3.05, 3.63) is 29.8 Å². The van der Waals surface area contributed by atoms with Gasteiger partial charge in [0, 0.05) is 50.7 Å². The summed E-state index contributed by atoms with van der Waals surface area (Å²) in [7, 11) is 1.64. The van der Waals surface area contributed by atoms with Crippen LogP contribution in [0.4, 0.5) is 0 Å². The van der Waals surface area contributed by atoms with Gasteiger partial charge in [0.2, 0.25) is 5.91 Å². The van der Waals surface area contributed by atoms with E-state index in [1.54, 1.807) is 31.4 Å². The number of ether oxygens (including phenoxy) is 1. The van der Waals surface area contributed by atoms with E-state index in [-0.39, 0.29) is 23.0 Å². The van der Waals surface area contributed by atoms with Gasteiger partial charge in [0.1, 0.15) is 5.75 Å². The Morgan fingerprint density at radius 2 is 2.00 bits per heavy atom. The lowest BCUT2D eigenvalue weighted by molar-refractivity contribution is -0.139. The van der Waals surface area contributed by atoms with E-state index in [0.717, 1.165) is 25.8 Å². The lowest BCUT2D eigenvalue weighted by atomic mass is 9.73. The van der Waals surface area contributed by atoms with Crippen molar-refractivity contribution in [1.82, 2.24) is 9.80 Å². The van der Waals surface area contributed by atoms with Crippen LogP contribution in [-0.2, 0) is 9.53 Å². The third-order valence-corrected chi connectivity index (χ3v) is 5.38. The zero-order valence-corrected chi connectivity index (χ0v) is 14.7. The van der Waals surface area contributed by atoms with Gasteiger partial charge in [0.25, 0.3) is 5.91 Å². The Labute approximate surface area is 148 Å². The summed E-state index contributed by atoms with van der Waals surface area (Å²) in [5, 5.41) is 9.40. The highest BCUT2D eigenvalue weighted by Gasteiger charge is 2.42. The molecule has 2 aliphatic rings. The lowest BCUT2D eigenvalue weighted by Crippen LogP contribution is -2.55. The maximum atomic E-state index is 12.8. The summed E-state index contributed by atoms with van der Waals surface area (Å²) in [6.07, 6.45) is 3.39. The highest BCUT2D eigenvalue weighted by molar-refractivity contribution is 5.94. The number of piperidine rings is 2. The van der Waals surface area contributed by atoms with Gasteiger partial charge in [-0.25, -0.2) is 0 Å². The van der Waals surface area contributed by atoms with Gasteiger partial charge in [-0.15, -0.1) is 0 Å². The van der Waals surface area contributed by atoms with E-state index in [1.807, 2.05) is 9.80 Å². The van der Waals surface area contributed by atoms with Gasteiger partial charge < -0.3 is 19.6 Å². The highest BCUT2D eigenvalue weighted by atomic mass is 16.5. The van der Waals surface area contributed by atoms with Crippen LogP contribution in [-0.4, -0.2) is 66.6 Å². The second-order valence-corrected chi connectivity index (χ2v) is 7.19. The average Bonchev–Trinajstić information content (AvgIpc) is 2.63. The number of rotatable bonds is 4. The fraction of sp³-hybridized carbons (Fsp3) is 0.579. The second kappa shape index (κ2) is 7.44. The topological polar surface area (TPSA) is 70.1 Å². The van der Waals surface area contributed by atoms with Gasteiger partial charge in [-0.1, -0.05) is 0 Å². The predicted octanol–water partition coefficient (Wildman–Crippen LogP) is 1.88. The van der Waals surface area contributed by atoms with Crippen molar-refractivity contribution in [1.29, 1.82) is 0 Å². The third-order valence-electron chi connectivity index (χ3n) is 5.38. The van der Waals surface area contributed by atoms with Crippen LogP contribution in [0.15, 0.2) is 24.3 Å². The number of hydrogen-bond acceptors (Lipinski definition) is 4. The predicted molar refractivity (Wildman–Crippen MR) is 93.4 cm³/mol. The van der Waals surface area contributed by atoms with Crippen LogP contribution in [0.5, 0.6) is 5.75 Å². The first-order valence-electron chi connectivity index (χ1n) is 8.88. The van der Waals surface area contributed by atoms with Gasteiger partial charge in [0.15, 0.2) is 0 Å². The Bertz CT molecular complexity index is 631. The molecule has 2 aliphatic heterocycles. The first-order chi connectivity index (χ1) is 12.0. The van der Waals surface area contributed by atoms with Crippen molar-refractivity contribution in [2.24, 2.45) is 5.41 Å². The fourth-order valence-corrected chi connectivity index (χ4v) is 4.01. The molecule has 0 bridgehead atoms. The number of methoxy groups -OCH3 is 1. The van der Waals surface area contributed by atoms with E-state index in [0.29, 0.717) is 38.2 Å². The maximum Gasteiger partial charge on any atom is 0.253 e. The SMILES string of the molecule is COCCN1CC2(CCCN(C(=O)c3ccc(O)cc3)C2)CCC1=O. The van der Waals surface area contributed by atoms with Crippen LogP contribution in [0.25, 0.3) is 0 Å². The number of phenolic OH excluding ortho intramolecular Hbond substituents is 1. The number of carbonyl (C=O) groups excluding carboxylic acids is 2. The van der Waals surface area contributed by atoms with Crippen molar-refractivity contribution >= 4 is 11.8 Å². The van der Waals surface area contributed by atoms with E-state index < -0.39 is 0 Å². The Morgan fingerprint density at radius 1 is 1.24 bits per heavy atom. The van der Waals surface area contributed by atoms with E-state index >= 15 is 0 Å². The van der Waals surface area contributed by atoms with Crippen LogP contribution >= 0.6 is 0 Å². The quantitative estimate of drug-likeness (QED) is 0.904. The number of phenols is 1. The summed E-state index contributed by atoms with van der Waals surface area (Å²) in [5.74, 6) is 0.343. The molecule has 136 valence electrons. The van der Waals surface area contributed by atoms with E-state index in [9.17, 15) is 14.7 Å². The van der Waals surface area contributed by atoms with E-state index in [4.69, 9.17) is 4.74 Å². The second-order valence-electron chi connectivity index (χ2n) is 7.19. The summed E-state index contributed by atoms with van der Waals surface area (Å²) in [4.78, 5) is 28.8. The van der Waals surface area contributed by atoms with Crippen molar-refractivity contribution in [2.45, 2.75) is 25.7 Å². The smallest absolute Gasteiger partial charge is 0.253 e. The molecule has 2 saturated heterocycles. The van der Waals surface area contributed by atoms with E-state index in [1.165, 1.54) is 0 Å². The standard InChI is InChI=1S/C19H26N2O4/c1-25-12-11-20-13-19(9-7-17(20)23)8-2-10-21(14-19)18(24)15-3-5-16(22)6-4-15/h3-6,22H,2,7-14H2,1H3. The fourth-order valence-electron chi connectivity index (χ4n) is 4.01. The Kier molecular flexibility index (Phi) is 5.27. The van der Waals surface area contributed by atoms with Crippen molar-refractivity contribution in [2.75, 3.05) is 39.9 Å². The largest absolute Gasteiger partial charge is 0.508 e. The molecular weight excluding hydrogens is 320 g/mol. The minimum atomic E-state index is -0.00746. The van der Waals surface area contributed by atoms with Crippen molar-refractivity contribution < 1.29 is 19.4 Å². The third kappa shape index (κ3) is 3.95. The zero-order chi connectivity index (χ0) is 17.9.